The first-order valence-electron chi connectivity index (χ1n) is 6.39. The zero-order valence-corrected chi connectivity index (χ0v) is 10.6. The molecule has 0 unspecified atom stereocenters. The largest absolute Gasteiger partial charge is 0.482 e. The third-order valence-corrected chi connectivity index (χ3v) is 3.06. The quantitative estimate of drug-likeness (QED) is 0.812. The van der Waals surface area contributed by atoms with Gasteiger partial charge in [-0.3, -0.25) is 4.79 Å². The number of benzene rings is 1. The van der Waals surface area contributed by atoms with E-state index in [0.29, 0.717) is 6.54 Å². The molecule has 1 N–H and O–H groups in total. The number of hydrogen-bond acceptors (Lipinski definition) is 3. The Morgan fingerprint density at radius 2 is 2.17 bits per heavy atom. The summed E-state index contributed by atoms with van der Waals surface area (Å²) in [4.78, 5) is 13.6. The van der Waals surface area contributed by atoms with Gasteiger partial charge in [0.2, 0.25) is 0 Å². The molecule has 1 heterocycles. The van der Waals surface area contributed by atoms with Crippen LogP contribution in [0.5, 0.6) is 5.75 Å². The van der Waals surface area contributed by atoms with E-state index in [2.05, 4.69) is 0 Å². The lowest BCUT2D eigenvalue weighted by atomic mass is 10.1. The zero-order chi connectivity index (χ0) is 13.0. The minimum absolute atomic E-state index is 0.00532. The highest BCUT2D eigenvalue weighted by Gasteiger charge is 2.24. The first-order valence-corrected chi connectivity index (χ1v) is 6.39. The van der Waals surface area contributed by atoms with Crippen LogP contribution in [0.15, 0.2) is 24.3 Å². The van der Waals surface area contributed by atoms with Crippen LogP contribution in [-0.2, 0) is 4.79 Å². The van der Waals surface area contributed by atoms with E-state index in [1.807, 2.05) is 24.3 Å². The van der Waals surface area contributed by atoms with Gasteiger partial charge in [0, 0.05) is 6.54 Å². The molecule has 0 bridgehead atoms. The van der Waals surface area contributed by atoms with Gasteiger partial charge in [-0.05, 0) is 38.3 Å². The number of aliphatic hydroxyl groups excluding tert-OH is 1. The van der Waals surface area contributed by atoms with Crippen molar-refractivity contribution in [3.8, 4) is 5.75 Å². The Balaban J connectivity index is 1.97. The fraction of sp³-hybridized carbons (Fsp3) is 0.500. The second kappa shape index (κ2) is 5.87. The normalized spacial score (nSPS) is 16.1. The molecule has 0 saturated carbocycles. The van der Waals surface area contributed by atoms with E-state index < -0.39 is 0 Å². The average molecular weight is 249 g/mol. The number of anilines is 1. The lowest BCUT2D eigenvalue weighted by molar-refractivity contribution is -0.121. The van der Waals surface area contributed by atoms with Gasteiger partial charge in [0.05, 0.1) is 11.8 Å². The number of para-hydroxylation sites is 2. The van der Waals surface area contributed by atoms with Crippen LogP contribution in [0.2, 0.25) is 0 Å². The molecule has 0 fully saturated rings. The van der Waals surface area contributed by atoms with Crippen molar-refractivity contribution >= 4 is 11.6 Å². The predicted molar refractivity (Wildman–Crippen MR) is 69.8 cm³/mol. The van der Waals surface area contributed by atoms with Crippen molar-refractivity contribution in [1.82, 2.24) is 0 Å². The Bertz CT molecular complexity index is 417. The van der Waals surface area contributed by atoms with Crippen molar-refractivity contribution in [2.45, 2.75) is 32.3 Å². The summed E-state index contributed by atoms with van der Waals surface area (Å²) in [6, 6.07) is 7.59. The second-order valence-corrected chi connectivity index (χ2v) is 4.65. The van der Waals surface area contributed by atoms with Crippen LogP contribution in [-0.4, -0.2) is 30.3 Å². The summed E-state index contributed by atoms with van der Waals surface area (Å²) < 4.78 is 5.38. The highest BCUT2D eigenvalue weighted by Crippen LogP contribution is 2.31. The molecule has 4 nitrogen and oxygen atoms in total. The van der Waals surface area contributed by atoms with E-state index in [1.54, 1.807) is 11.8 Å². The van der Waals surface area contributed by atoms with Crippen LogP contribution in [0.1, 0.15) is 26.2 Å². The SMILES string of the molecule is C[C@@H](O)CCCCN1C(=O)COc2ccccc21. The molecule has 98 valence electrons. The van der Waals surface area contributed by atoms with Gasteiger partial charge >= 0.3 is 0 Å². The highest BCUT2D eigenvalue weighted by atomic mass is 16.5. The van der Waals surface area contributed by atoms with Gasteiger partial charge in [0.1, 0.15) is 5.75 Å². The summed E-state index contributed by atoms with van der Waals surface area (Å²) in [5, 5.41) is 9.20. The van der Waals surface area contributed by atoms with E-state index in [-0.39, 0.29) is 18.6 Å². The smallest absolute Gasteiger partial charge is 0.265 e. The van der Waals surface area contributed by atoms with Crippen LogP contribution in [0.3, 0.4) is 0 Å². The maximum atomic E-state index is 11.8. The summed E-state index contributed by atoms with van der Waals surface area (Å²) in [6.07, 6.45) is 2.33. The Kier molecular flexibility index (Phi) is 4.20. The van der Waals surface area contributed by atoms with Crippen molar-refractivity contribution in [2.75, 3.05) is 18.1 Å². The molecule has 1 aromatic carbocycles. The van der Waals surface area contributed by atoms with Crippen molar-refractivity contribution in [1.29, 1.82) is 0 Å². The molecular formula is C14H19NO3. The summed E-state index contributed by atoms with van der Waals surface area (Å²) in [5.41, 5.74) is 0.853. The Morgan fingerprint density at radius 3 is 2.94 bits per heavy atom. The molecule has 18 heavy (non-hydrogen) atoms. The fourth-order valence-electron chi connectivity index (χ4n) is 2.11. The summed E-state index contributed by atoms with van der Waals surface area (Å²) in [7, 11) is 0. The topological polar surface area (TPSA) is 49.8 Å². The van der Waals surface area contributed by atoms with Gasteiger partial charge in [0.25, 0.3) is 5.91 Å². The molecule has 4 heteroatoms. The number of nitrogens with zero attached hydrogens (tertiary/aromatic N) is 1. The lowest BCUT2D eigenvalue weighted by Crippen LogP contribution is -2.39. The average Bonchev–Trinajstić information content (AvgIpc) is 2.36. The van der Waals surface area contributed by atoms with Gasteiger partial charge in [-0.1, -0.05) is 12.1 Å². The van der Waals surface area contributed by atoms with E-state index in [9.17, 15) is 9.90 Å². The molecule has 0 aromatic heterocycles. The number of unbranched alkanes of at least 4 members (excludes halogenated alkanes) is 1. The first-order chi connectivity index (χ1) is 8.68. The first kappa shape index (κ1) is 12.9. The van der Waals surface area contributed by atoms with Gasteiger partial charge in [-0.25, -0.2) is 0 Å². The third-order valence-electron chi connectivity index (χ3n) is 3.06. The van der Waals surface area contributed by atoms with Crippen LogP contribution in [0, 0.1) is 0 Å². The van der Waals surface area contributed by atoms with Crippen LogP contribution >= 0.6 is 0 Å². The molecule has 0 aliphatic carbocycles. The minimum atomic E-state index is -0.266. The number of aliphatic hydroxyl groups is 1. The summed E-state index contributed by atoms with van der Waals surface area (Å²) >= 11 is 0. The fourth-order valence-corrected chi connectivity index (χ4v) is 2.11. The van der Waals surface area contributed by atoms with Crippen molar-refractivity contribution in [2.24, 2.45) is 0 Å². The molecule has 1 aromatic rings. The van der Waals surface area contributed by atoms with Gasteiger partial charge in [-0.15, -0.1) is 0 Å². The number of ether oxygens (including phenoxy) is 1. The standard InChI is InChI=1S/C14H19NO3/c1-11(16)6-4-5-9-15-12-7-2-3-8-13(12)18-10-14(15)17/h2-3,7-8,11,16H,4-6,9-10H2,1H3/t11-/m1/s1. The molecule has 1 aliphatic heterocycles. The maximum Gasteiger partial charge on any atom is 0.265 e. The number of rotatable bonds is 5. The lowest BCUT2D eigenvalue weighted by Gasteiger charge is -2.29. The molecule has 0 spiro atoms. The Morgan fingerprint density at radius 1 is 1.39 bits per heavy atom. The van der Waals surface area contributed by atoms with E-state index in [0.717, 1.165) is 30.7 Å². The summed E-state index contributed by atoms with van der Waals surface area (Å²) in [6.45, 7) is 2.59. The molecule has 1 atom stereocenters. The molecule has 0 radical (unpaired) electrons. The molecule has 0 saturated heterocycles. The van der Waals surface area contributed by atoms with Crippen molar-refractivity contribution < 1.29 is 14.6 Å². The Labute approximate surface area is 107 Å². The maximum absolute atomic E-state index is 11.8. The molecule has 1 aliphatic rings. The number of hydrogen-bond donors (Lipinski definition) is 1. The number of amides is 1. The minimum Gasteiger partial charge on any atom is -0.482 e. The van der Waals surface area contributed by atoms with Crippen molar-refractivity contribution in [3.63, 3.8) is 0 Å². The number of fused-ring (bicyclic) bond motifs is 1. The predicted octanol–water partition coefficient (Wildman–Crippen LogP) is 1.96. The van der Waals surface area contributed by atoms with E-state index in [4.69, 9.17) is 4.74 Å². The van der Waals surface area contributed by atoms with Crippen LogP contribution < -0.4 is 9.64 Å². The van der Waals surface area contributed by atoms with Gasteiger partial charge in [0.15, 0.2) is 6.61 Å². The highest BCUT2D eigenvalue weighted by molar-refractivity contribution is 5.97. The Hall–Kier alpha value is -1.55. The zero-order valence-electron chi connectivity index (χ0n) is 10.6. The number of carbonyl (C=O) groups is 1. The molecule has 2 rings (SSSR count). The van der Waals surface area contributed by atoms with E-state index >= 15 is 0 Å². The number of carbonyl (C=O) groups excluding carboxylic acids is 1. The summed E-state index contributed by atoms with van der Waals surface area (Å²) in [5.74, 6) is 0.776. The molecule has 1 amide bonds. The van der Waals surface area contributed by atoms with Crippen LogP contribution in [0.4, 0.5) is 5.69 Å². The molecular weight excluding hydrogens is 230 g/mol. The van der Waals surface area contributed by atoms with Crippen LogP contribution in [0.25, 0.3) is 0 Å². The van der Waals surface area contributed by atoms with Crippen molar-refractivity contribution in [3.05, 3.63) is 24.3 Å². The van der Waals surface area contributed by atoms with Gasteiger partial charge < -0.3 is 14.7 Å². The van der Waals surface area contributed by atoms with E-state index in [1.165, 1.54) is 0 Å². The monoisotopic (exact) mass is 249 g/mol. The third kappa shape index (κ3) is 3.01. The van der Waals surface area contributed by atoms with Gasteiger partial charge in [-0.2, -0.15) is 0 Å². The second-order valence-electron chi connectivity index (χ2n) is 4.65.